The van der Waals surface area contributed by atoms with Crippen LogP contribution in [0.3, 0.4) is 0 Å². The number of hydrogen-bond acceptors (Lipinski definition) is 6. The van der Waals surface area contributed by atoms with Crippen molar-refractivity contribution in [2.75, 3.05) is 19.0 Å². The molecule has 1 aliphatic carbocycles. The molecule has 1 fully saturated rings. The quantitative estimate of drug-likeness (QED) is 0.290. The monoisotopic (exact) mass is 475 g/mol. The van der Waals surface area contributed by atoms with E-state index in [0.29, 0.717) is 24.3 Å². The summed E-state index contributed by atoms with van der Waals surface area (Å²) in [7, 11) is 1.64. The average Bonchev–Trinajstić information content (AvgIpc) is 2.85. The van der Waals surface area contributed by atoms with Crippen molar-refractivity contribution in [1.29, 1.82) is 0 Å². The molecule has 0 saturated heterocycles. The van der Waals surface area contributed by atoms with Gasteiger partial charge < -0.3 is 26.8 Å². The van der Waals surface area contributed by atoms with Gasteiger partial charge in [-0.15, -0.1) is 0 Å². The summed E-state index contributed by atoms with van der Waals surface area (Å²) in [5.41, 5.74) is 14.2. The number of nitrogens with two attached hydrogens (primary N) is 2. The second-order valence-corrected chi connectivity index (χ2v) is 8.93. The van der Waals surface area contributed by atoms with Gasteiger partial charge in [-0.05, 0) is 56.0 Å². The van der Waals surface area contributed by atoms with Crippen molar-refractivity contribution in [2.45, 2.75) is 51.1 Å². The number of fused-ring (bicyclic) bond motifs is 1. The van der Waals surface area contributed by atoms with Crippen LogP contribution in [0.25, 0.3) is 10.9 Å². The van der Waals surface area contributed by atoms with Gasteiger partial charge in [0.15, 0.2) is 5.96 Å². The molecule has 35 heavy (non-hydrogen) atoms. The number of amides is 1. The van der Waals surface area contributed by atoms with Gasteiger partial charge in [-0.1, -0.05) is 36.6 Å². The highest BCUT2D eigenvalue weighted by Crippen LogP contribution is 2.28. The first-order valence-electron chi connectivity index (χ1n) is 12.0. The molecule has 0 bridgehead atoms. The van der Waals surface area contributed by atoms with Gasteiger partial charge in [0.1, 0.15) is 11.6 Å². The molecule has 0 spiro atoms. The van der Waals surface area contributed by atoms with Crippen LogP contribution in [0, 0.1) is 6.92 Å². The molecule has 6 N–H and O–H groups in total. The van der Waals surface area contributed by atoms with E-state index in [1.807, 2.05) is 49.4 Å². The number of hydrogen-bond donors (Lipinski definition) is 4. The summed E-state index contributed by atoms with van der Waals surface area (Å²) < 4.78 is 5.19. The van der Waals surface area contributed by atoms with Crippen LogP contribution in [-0.2, 0) is 6.42 Å². The normalized spacial score (nSPS) is 17.5. The Morgan fingerprint density at radius 2 is 1.89 bits per heavy atom. The fourth-order valence-corrected chi connectivity index (χ4v) is 4.45. The molecule has 9 nitrogen and oxygen atoms in total. The molecule has 2 unspecified atom stereocenters. The summed E-state index contributed by atoms with van der Waals surface area (Å²) in [6.45, 7) is 2.49. The SMILES string of the molecule is COc1ccc(CCNC(=O)c2nc(NC3CCCCC3N=C(N)N)c3cc(C)ccc3n2)cc1. The Balaban J connectivity index is 1.53. The largest absolute Gasteiger partial charge is 0.497 e. The smallest absolute Gasteiger partial charge is 0.289 e. The number of anilines is 1. The first kappa shape index (κ1) is 24.3. The van der Waals surface area contributed by atoms with Gasteiger partial charge in [-0.2, -0.15) is 0 Å². The van der Waals surface area contributed by atoms with Crippen molar-refractivity contribution in [3.8, 4) is 5.75 Å². The number of methoxy groups -OCH3 is 1. The highest BCUT2D eigenvalue weighted by molar-refractivity contribution is 5.96. The predicted molar refractivity (Wildman–Crippen MR) is 139 cm³/mol. The van der Waals surface area contributed by atoms with Crippen LogP contribution < -0.4 is 26.8 Å². The summed E-state index contributed by atoms with van der Waals surface area (Å²) in [5, 5.41) is 7.34. The Morgan fingerprint density at radius 1 is 1.11 bits per heavy atom. The van der Waals surface area contributed by atoms with Crippen LogP contribution >= 0.6 is 0 Å². The summed E-state index contributed by atoms with van der Waals surface area (Å²) in [4.78, 5) is 26.6. The number of carbonyl (C=O) groups excluding carboxylic acids is 1. The van der Waals surface area contributed by atoms with Crippen molar-refractivity contribution >= 4 is 28.6 Å². The van der Waals surface area contributed by atoms with Crippen LogP contribution in [0.4, 0.5) is 5.82 Å². The van der Waals surface area contributed by atoms with E-state index in [4.69, 9.17) is 16.2 Å². The minimum atomic E-state index is -0.312. The Labute approximate surface area is 205 Å². The zero-order valence-corrected chi connectivity index (χ0v) is 20.3. The Kier molecular flexibility index (Phi) is 7.64. The molecule has 2 atom stereocenters. The first-order valence-corrected chi connectivity index (χ1v) is 12.0. The van der Waals surface area contributed by atoms with Gasteiger partial charge in [0.05, 0.1) is 24.7 Å². The number of aliphatic imine (C=N–C) groups is 1. The third-order valence-corrected chi connectivity index (χ3v) is 6.28. The van der Waals surface area contributed by atoms with E-state index in [9.17, 15) is 4.79 Å². The zero-order valence-electron chi connectivity index (χ0n) is 20.3. The Hall–Kier alpha value is -3.88. The van der Waals surface area contributed by atoms with Crippen LogP contribution in [0.5, 0.6) is 5.75 Å². The molecule has 1 amide bonds. The molecule has 1 aliphatic rings. The number of guanidine groups is 1. The topological polar surface area (TPSA) is 141 Å². The van der Waals surface area contributed by atoms with Gasteiger partial charge in [-0.25, -0.2) is 15.0 Å². The molecule has 1 saturated carbocycles. The maximum Gasteiger partial charge on any atom is 0.289 e. The Morgan fingerprint density at radius 3 is 2.63 bits per heavy atom. The molecule has 0 aliphatic heterocycles. The average molecular weight is 476 g/mol. The minimum absolute atomic E-state index is 0.0236. The molecule has 9 heteroatoms. The lowest BCUT2D eigenvalue weighted by atomic mass is 9.90. The number of ether oxygens (including phenoxy) is 1. The maximum absolute atomic E-state index is 13.0. The molecule has 1 heterocycles. The molecule has 184 valence electrons. The maximum atomic E-state index is 13.0. The highest BCUT2D eigenvalue weighted by Gasteiger charge is 2.26. The highest BCUT2D eigenvalue weighted by atomic mass is 16.5. The molecule has 1 aromatic heterocycles. The Bertz CT molecular complexity index is 1210. The van der Waals surface area contributed by atoms with Gasteiger partial charge in [0.2, 0.25) is 5.82 Å². The lowest BCUT2D eigenvalue weighted by Gasteiger charge is -2.30. The minimum Gasteiger partial charge on any atom is -0.497 e. The first-order chi connectivity index (χ1) is 16.9. The summed E-state index contributed by atoms with van der Waals surface area (Å²) >= 11 is 0. The van der Waals surface area contributed by atoms with Gasteiger partial charge in [0, 0.05) is 11.9 Å². The van der Waals surface area contributed by atoms with E-state index in [0.717, 1.165) is 47.9 Å². The number of aromatic nitrogens is 2. The number of nitrogens with one attached hydrogen (secondary N) is 2. The number of aryl methyl sites for hydroxylation is 1. The lowest BCUT2D eigenvalue weighted by Crippen LogP contribution is -2.38. The predicted octanol–water partition coefficient (Wildman–Crippen LogP) is 2.92. The van der Waals surface area contributed by atoms with E-state index < -0.39 is 0 Å². The molecular weight excluding hydrogens is 442 g/mol. The summed E-state index contributed by atoms with van der Waals surface area (Å²) in [6.07, 6.45) is 4.66. The van der Waals surface area contributed by atoms with Crippen LogP contribution in [0.15, 0.2) is 47.5 Å². The number of nitrogens with zero attached hydrogens (tertiary/aromatic N) is 3. The summed E-state index contributed by atoms with van der Waals surface area (Å²) in [6, 6.07) is 13.7. The standard InChI is InChI=1S/C26H33N7O2/c1-16-7-12-20-19(15-16)23(31-21-5-3-4-6-22(21)32-26(27)28)33-24(30-20)25(34)29-14-13-17-8-10-18(35-2)11-9-17/h7-12,15,21-22H,3-6,13-14H2,1-2H3,(H,29,34)(H4,27,28,32)(H,30,31,33). The van der Waals surface area contributed by atoms with E-state index in [-0.39, 0.29) is 29.8 Å². The van der Waals surface area contributed by atoms with E-state index >= 15 is 0 Å². The molecule has 2 aromatic carbocycles. The number of carbonyl (C=O) groups is 1. The van der Waals surface area contributed by atoms with E-state index in [1.54, 1.807) is 7.11 Å². The zero-order chi connectivity index (χ0) is 24.8. The van der Waals surface area contributed by atoms with Crippen LogP contribution in [-0.4, -0.2) is 47.6 Å². The second kappa shape index (κ2) is 11.0. The van der Waals surface area contributed by atoms with Crippen LogP contribution in [0.2, 0.25) is 0 Å². The van der Waals surface area contributed by atoms with E-state index in [1.165, 1.54) is 0 Å². The lowest BCUT2D eigenvalue weighted by molar-refractivity contribution is 0.0944. The summed E-state index contributed by atoms with van der Waals surface area (Å²) in [5.74, 6) is 1.34. The fourth-order valence-electron chi connectivity index (χ4n) is 4.45. The van der Waals surface area contributed by atoms with Crippen molar-refractivity contribution in [1.82, 2.24) is 15.3 Å². The third kappa shape index (κ3) is 6.17. The van der Waals surface area contributed by atoms with Gasteiger partial charge >= 0.3 is 0 Å². The molecular formula is C26H33N7O2. The number of benzene rings is 2. The van der Waals surface area contributed by atoms with Gasteiger partial charge in [0.25, 0.3) is 5.91 Å². The molecule has 4 rings (SSSR count). The van der Waals surface area contributed by atoms with Crippen molar-refractivity contribution in [2.24, 2.45) is 16.5 Å². The van der Waals surface area contributed by atoms with Crippen molar-refractivity contribution in [3.63, 3.8) is 0 Å². The second-order valence-electron chi connectivity index (χ2n) is 8.93. The van der Waals surface area contributed by atoms with Gasteiger partial charge in [-0.3, -0.25) is 4.79 Å². The van der Waals surface area contributed by atoms with Crippen LogP contribution in [0.1, 0.15) is 47.4 Å². The van der Waals surface area contributed by atoms with Crippen molar-refractivity contribution in [3.05, 3.63) is 59.4 Å². The van der Waals surface area contributed by atoms with E-state index in [2.05, 4.69) is 25.6 Å². The molecule has 3 aromatic rings. The number of rotatable bonds is 8. The van der Waals surface area contributed by atoms with Crippen molar-refractivity contribution < 1.29 is 9.53 Å². The fraction of sp³-hybridized carbons (Fsp3) is 0.385. The third-order valence-electron chi connectivity index (χ3n) is 6.28. The molecule has 0 radical (unpaired) electrons.